The second-order valence-electron chi connectivity index (χ2n) is 10.8. The van der Waals surface area contributed by atoms with E-state index in [2.05, 4.69) is 16.5 Å². The number of fused-ring (bicyclic) bond motifs is 1. The molecule has 0 aromatic heterocycles. The molecule has 0 fully saturated rings. The molecule has 0 aliphatic carbocycles. The van der Waals surface area contributed by atoms with Crippen LogP contribution in [0.4, 0.5) is 10.1 Å². The highest BCUT2D eigenvalue weighted by molar-refractivity contribution is 7.92. The van der Waals surface area contributed by atoms with Crippen molar-refractivity contribution < 1.29 is 22.7 Å². The van der Waals surface area contributed by atoms with Gasteiger partial charge in [-0.15, -0.1) is 0 Å². The first-order valence-electron chi connectivity index (χ1n) is 13.7. The van der Waals surface area contributed by atoms with Crippen molar-refractivity contribution in [2.75, 3.05) is 17.9 Å². The predicted molar refractivity (Wildman–Crippen MR) is 153 cm³/mol. The molecule has 3 aromatic carbocycles. The van der Waals surface area contributed by atoms with Gasteiger partial charge in [0.05, 0.1) is 22.8 Å². The van der Waals surface area contributed by atoms with Crippen molar-refractivity contribution in [1.82, 2.24) is 4.90 Å². The number of unbranched alkanes of at least 4 members (excludes halogenated alkanes) is 3. The second-order valence-corrected chi connectivity index (χ2v) is 12.5. The lowest BCUT2D eigenvalue weighted by molar-refractivity contribution is 0.0785. The van der Waals surface area contributed by atoms with Crippen LogP contribution in [0.3, 0.4) is 0 Å². The van der Waals surface area contributed by atoms with E-state index in [1.54, 1.807) is 32.0 Å². The van der Waals surface area contributed by atoms with Crippen LogP contribution in [0, 0.1) is 5.82 Å². The Morgan fingerprint density at radius 1 is 1.00 bits per heavy atom. The van der Waals surface area contributed by atoms with Gasteiger partial charge in [0.25, 0.3) is 10.0 Å². The fourth-order valence-corrected chi connectivity index (χ4v) is 5.87. The van der Waals surface area contributed by atoms with Crippen LogP contribution < -0.4 is 9.46 Å². The highest BCUT2D eigenvalue weighted by Crippen LogP contribution is 2.28. The molecule has 1 aliphatic heterocycles. The van der Waals surface area contributed by atoms with E-state index in [0.717, 1.165) is 67.4 Å². The number of nitrogens with one attached hydrogen (secondary N) is 1. The molecule has 0 radical (unpaired) electrons. The van der Waals surface area contributed by atoms with Gasteiger partial charge in [0.1, 0.15) is 5.75 Å². The number of halogens is 1. The lowest BCUT2D eigenvalue weighted by Gasteiger charge is -2.29. The summed E-state index contributed by atoms with van der Waals surface area (Å²) in [4.78, 5) is 2.43. The summed E-state index contributed by atoms with van der Waals surface area (Å²) in [6, 6.07) is 17.3. The maximum absolute atomic E-state index is 14.7. The van der Waals surface area contributed by atoms with Crippen molar-refractivity contribution in [2.45, 2.75) is 76.5 Å². The topological polar surface area (TPSA) is 78.9 Å². The zero-order valence-corrected chi connectivity index (χ0v) is 23.9. The van der Waals surface area contributed by atoms with Gasteiger partial charge in [0.15, 0.2) is 5.82 Å². The summed E-state index contributed by atoms with van der Waals surface area (Å²) in [6.07, 6.45) is 4.95. The summed E-state index contributed by atoms with van der Waals surface area (Å²) in [5.41, 5.74) is 3.13. The number of hydrogen-bond donors (Lipinski definition) is 2. The third kappa shape index (κ3) is 7.81. The van der Waals surface area contributed by atoms with Crippen molar-refractivity contribution in [3.63, 3.8) is 0 Å². The Balaban J connectivity index is 1.37. The van der Waals surface area contributed by atoms with Crippen LogP contribution in [0.25, 0.3) is 0 Å². The van der Waals surface area contributed by atoms with Gasteiger partial charge in [-0.2, -0.15) is 0 Å². The van der Waals surface area contributed by atoms with Crippen LogP contribution in [-0.4, -0.2) is 31.6 Å². The Morgan fingerprint density at radius 3 is 2.46 bits per heavy atom. The molecule has 39 heavy (non-hydrogen) atoms. The molecule has 6 nitrogen and oxygen atoms in total. The summed E-state index contributed by atoms with van der Waals surface area (Å²) < 4.78 is 48.8. The molecule has 0 spiro atoms. The fourth-order valence-electron chi connectivity index (χ4n) is 4.76. The second kappa shape index (κ2) is 12.5. The maximum Gasteiger partial charge on any atom is 0.261 e. The lowest BCUT2D eigenvalue weighted by atomic mass is 9.96. The molecule has 0 saturated carbocycles. The van der Waals surface area contributed by atoms with Crippen molar-refractivity contribution in [3.8, 4) is 5.75 Å². The molecule has 1 aliphatic rings. The maximum atomic E-state index is 14.7. The number of sulfonamides is 1. The molecule has 1 heterocycles. The number of ether oxygens (including phenoxy) is 1. The number of anilines is 1. The normalized spacial score (nSPS) is 14.2. The summed E-state index contributed by atoms with van der Waals surface area (Å²) in [7, 11) is -3.95. The Bertz CT molecular complexity index is 1370. The summed E-state index contributed by atoms with van der Waals surface area (Å²) in [6.45, 7) is 8.46. The van der Waals surface area contributed by atoms with E-state index in [0.29, 0.717) is 18.9 Å². The quantitative estimate of drug-likeness (QED) is 0.254. The van der Waals surface area contributed by atoms with Gasteiger partial charge in [0.2, 0.25) is 0 Å². The molecule has 0 amide bonds. The Hall–Kier alpha value is -2.94. The summed E-state index contributed by atoms with van der Waals surface area (Å²) in [5, 5.41) is 10.2. The van der Waals surface area contributed by atoms with E-state index < -0.39 is 21.4 Å². The van der Waals surface area contributed by atoms with Crippen LogP contribution in [-0.2, 0) is 35.1 Å². The lowest BCUT2D eigenvalue weighted by Crippen LogP contribution is -2.30. The zero-order chi connectivity index (χ0) is 28.0. The van der Waals surface area contributed by atoms with Gasteiger partial charge in [-0.25, -0.2) is 12.8 Å². The van der Waals surface area contributed by atoms with Gasteiger partial charge in [0, 0.05) is 25.7 Å². The minimum absolute atomic E-state index is 0.104. The number of rotatable bonds is 12. The van der Waals surface area contributed by atoms with Crippen molar-refractivity contribution >= 4 is 15.7 Å². The third-order valence-corrected chi connectivity index (χ3v) is 8.46. The number of hydrogen-bond acceptors (Lipinski definition) is 5. The van der Waals surface area contributed by atoms with E-state index >= 15 is 0 Å². The highest BCUT2D eigenvalue weighted by Gasteiger charge is 2.22. The van der Waals surface area contributed by atoms with E-state index in [1.807, 2.05) is 30.3 Å². The Kier molecular flexibility index (Phi) is 9.31. The van der Waals surface area contributed by atoms with E-state index in [1.165, 1.54) is 12.1 Å². The number of benzene rings is 3. The van der Waals surface area contributed by atoms with Gasteiger partial charge in [-0.3, -0.25) is 9.62 Å². The van der Waals surface area contributed by atoms with Gasteiger partial charge >= 0.3 is 0 Å². The summed E-state index contributed by atoms with van der Waals surface area (Å²) in [5.74, 6) is -0.285. The largest absolute Gasteiger partial charge is 0.493 e. The predicted octanol–water partition coefficient (Wildman–Crippen LogP) is 6.37. The zero-order valence-electron chi connectivity index (χ0n) is 23.0. The minimum atomic E-state index is -3.95. The van der Waals surface area contributed by atoms with Crippen molar-refractivity contribution in [3.05, 3.63) is 88.7 Å². The van der Waals surface area contributed by atoms with Crippen LogP contribution in [0.5, 0.6) is 5.75 Å². The van der Waals surface area contributed by atoms with Crippen molar-refractivity contribution in [2.24, 2.45) is 0 Å². The molecular formula is C31H39FN2O4S. The smallest absolute Gasteiger partial charge is 0.261 e. The molecule has 3 aromatic rings. The first-order valence-corrected chi connectivity index (χ1v) is 15.1. The van der Waals surface area contributed by atoms with Crippen molar-refractivity contribution in [1.29, 1.82) is 0 Å². The molecule has 2 N–H and O–H groups in total. The fraction of sp³-hybridized carbons (Fsp3) is 0.419. The SMILES string of the molecule is CCCCCCOc1ccc(NS(=O)(=O)c2ccc3c(c2)CCN(Cc2ccc(C(C)(C)O)cc2)C3)c(F)c1. The van der Waals surface area contributed by atoms with E-state index in [9.17, 15) is 17.9 Å². The molecular weight excluding hydrogens is 515 g/mol. The van der Waals surface area contributed by atoms with Crippen LogP contribution in [0.15, 0.2) is 65.6 Å². The molecule has 4 rings (SSSR count). The standard InChI is InChI=1S/C31H39FN2O4S/c1-4-5-6-7-18-38-27-13-15-30(29(32)20-27)33-39(36,37)28-14-10-25-22-34(17-16-24(25)19-28)21-23-8-11-26(12-9-23)31(2,3)35/h8-15,19-20,33,35H,4-7,16-18,21-22H2,1-3H3. The molecule has 0 saturated heterocycles. The number of aliphatic hydroxyl groups is 1. The molecule has 0 unspecified atom stereocenters. The average Bonchev–Trinajstić information content (AvgIpc) is 2.89. The average molecular weight is 555 g/mol. The van der Waals surface area contributed by atoms with Crippen LogP contribution in [0.2, 0.25) is 0 Å². The van der Waals surface area contributed by atoms with E-state index in [4.69, 9.17) is 4.74 Å². The molecule has 8 heteroatoms. The molecule has 210 valence electrons. The monoisotopic (exact) mass is 554 g/mol. The first-order chi connectivity index (χ1) is 18.5. The van der Waals surface area contributed by atoms with Gasteiger partial charge in [-0.05, 0) is 73.2 Å². The third-order valence-electron chi connectivity index (χ3n) is 7.10. The van der Waals surface area contributed by atoms with Gasteiger partial charge in [-0.1, -0.05) is 56.5 Å². The van der Waals surface area contributed by atoms with Gasteiger partial charge < -0.3 is 9.84 Å². The Morgan fingerprint density at radius 2 is 1.77 bits per heavy atom. The Labute approximate surface area is 231 Å². The molecule has 0 bridgehead atoms. The highest BCUT2D eigenvalue weighted by atomic mass is 32.2. The minimum Gasteiger partial charge on any atom is -0.493 e. The number of nitrogens with zero attached hydrogens (tertiary/aromatic N) is 1. The first kappa shape index (κ1) is 29.1. The summed E-state index contributed by atoms with van der Waals surface area (Å²) >= 11 is 0. The van der Waals surface area contributed by atoms with Crippen LogP contribution in [0.1, 0.15) is 68.7 Å². The molecule has 0 atom stereocenters. The van der Waals surface area contributed by atoms with E-state index in [-0.39, 0.29) is 10.6 Å². The van der Waals surface area contributed by atoms with Crippen LogP contribution >= 0.6 is 0 Å².